The average molecular weight is 727 g/mol. The van der Waals surface area contributed by atoms with Crippen molar-refractivity contribution in [2.24, 2.45) is 0 Å². The first-order valence-corrected chi connectivity index (χ1v) is 12.4. The molecule has 0 aromatic heterocycles. The molecule has 0 bridgehead atoms. The van der Waals surface area contributed by atoms with Crippen molar-refractivity contribution in [3.8, 4) is 0 Å². The average Bonchev–Trinajstić information content (AvgIpc) is 2.58. The smallest absolute Gasteiger partial charge is 0.339 e. The lowest BCUT2D eigenvalue weighted by Crippen LogP contribution is -2.60. The predicted octanol–water partition coefficient (Wildman–Crippen LogP) is 4.69. The quantitative estimate of drug-likeness (QED) is 0.262. The molecule has 1 aromatic carbocycles. The largest absolute Gasteiger partial charge is 0.459 e. The maximum absolute atomic E-state index is 12.4. The van der Waals surface area contributed by atoms with Crippen molar-refractivity contribution in [3.05, 3.63) is 28.4 Å². The third-order valence-corrected chi connectivity index (χ3v) is 9.08. The van der Waals surface area contributed by atoms with Gasteiger partial charge >= 0.3 is 5.97 Å². The van der Waals surface area contributed by atoms with Crippen LogP contribution >= 0.6 is 67.8 Å². The lowest BCUT2D eigenvalue weighted by atomic mass is 9.79. The monoisotopic (exact) mass is 727 g/mol. The second kappa shape index (κ2) is 9.92. The van der Waals surface area contributed by atoms with E-state index in [1.54, 1.807) is 6.07 Å². The van der Waals surface area contributed by atoms with Gasteiger partial charge in [0.1, 0.15) is 12.7 Å². The van der Waals surface area contributed by atoms with E-state index in [0.29, 0.717) is 5.56 Å². The van der Waals surface area contributed by atoms with Crippen molar-refractivity contribution < 1.29 is 19.4 Å². The minimum absolute atomic E-state index is 0.0299. The van der Waals surface area contributed by atoms with Crippen molar-refractivity contribution >= 4 is 73.7 Å². The van der Waals surface area contributed by atoms with Crippen LogP contribution < -0.4 is 0 Å². The van der Waals surface area contributed by atoms with Crippen molar-refractivity contribution in [1.29, 1.82) is 0 Å². The summed E-state index contributed by atoms with van der Waals surface area (Å²) < 4.78 is 14.2. The first-order valence-electron chi connectivity index (χ1n) is 9.19. The van der Waals surface area contributed by atoms with Crippen molar-refractivity contribution in [1.82, 2.24) is 4.90 Å². The molecule has 8 heteroatoms. The fourth-order valence-electron chi connectivity index (χ4n) is 3.65. The fraction of sp³-hybridized carbons (Fsp3) is 0.650. The summed E-state index contributed by atoms with van der Waals surface area (Å²) >= 11 is 6.53. The molecule has 5 nitrogen and oxygen atoms in total. The van der Waals surface area contributed by atoms with Gasteiger partial charge in [-0.2, -0.15) is 0 Å². The number of benzene rings is 1. The summed E-state index contributed by atoms with van der Waals surface area (Å²) in [4.78, 5) is 14.8. The van der Waals surface area contributed by atoms with E-state index >= 15 is 0 Å². The van der Waals surface area contributed by atoms with Crippen molar-refractivity contribution in [3.63, 3.8) is 0 Å². The summed E-state index contributed by atoms with van der Waals surface area (Å²) in [7, 11) is 2.15. The highest BCUT2D eigenvalue weighted by molar-refractivity contribution is 14.1. The van der Waals surface area contributed by atoms with E-state index in [1.807, 2.05) is 6.07 Å². The van der Waals surface area contributed by atoms with Gasteiger partial charge in [-0.25, -0.2) is 4.79 Å². The number of esters is 1. The van der Waals surface area contributed by atoms with E-state index in [0.717, 1.165) is 23.6 Å². The van der Waals surface area contributed by atoms with E-state index in [4.69, 9.17) is 9.47 Å². The Hall–Kier alpha value is 0.760. The SMILES string of the molecule is CN1C(C)(C)CC(OCC(O)COC(=O)c2cc(I)cc(I)c2I)CC1(C)C. The lowest BCUT2D eigenvalue weighted by molar-refractivity contribution is -0.110. The van der Waals surface area contributed by atoms with Crippen LogP contribution in [0.2, 0.25) is 0 Å². The molecule has 1 aliphatic heterocycles. The van der Waals surface area contributed by atoms with E-state index in [2.05, 4.69) is 107 Å². The van der Waals surface area contributed by atoms with Gasteiger partial charge < -0.3 is 14.6 Å². The molecule has 1 aromatic rings. The van der Waals surface area contributed by atoms with Crippen molar-refractivity contribution in [2.75, 3.05) is 20.3 Å². The second-order valence-electron chi connectivity index (χ2n) is 8.55. The first-order chi connectivity index (χ1) is 12.8. The predicted molar refractivity (Wildman–Crippen MR) is 136 cm³/mol. The number of carbonyl (C=O) groups is 1. The van der Waals surface area contributed by atoms with Gasteiger partial charge in [-0.1, -0.05) is 0 Å². The Balaban J connectivity index is 1.86. The van der Waals surface area contributed by atoms with Gasteiger partial charge in [-0.3, -0.25) is 4.90 Å². The van der Waals surface area contributed by atoms with Crippen LogP contribution in [0, 0.1) is 10.7 Å². The molecule has 1 unspecified atom stereocenters. The minimum Gasteiger partial charge on any atom is -0.459 e. The van der Waals surface area contributed by atoms with Crippen LogP contribution in [0.4, 0.5) is 0 Å². The fourth-order valence-corrected chi connectivity index (χ4v) is 6.02. The second-order valence-corrected chi connectivity index (χ2v) is 12.0. The Morgan fingerprint density at radius 1 is 1.18 bits per heavy atom. The molecular formula is C20H28I3NO4. The zero-order valence-corrected chi connectivity index (χ0v) is 23.4. The van der Waals surface area contributed by atoms with Crippen LogP contribution in [-0.4, -0.2) is 59.5 Å². The van der Waals surface area contributed by atoms with E-state index in [9.17, 15) is 9.90 Å². The maximum Gasteiger partial charge on any atom is 0.339 e. The Morgan fingerprint density at radius 3 is 2.32 bits per heavy atom. The number of ether oxygens (including phenoxy) is 2. The molecule has 1 fully saturated rings. The zero-order valence-electron chi connectivity index (χ0n) is 16.9. The Kier molecular flexibility index (Phi) is 8.87. The molecular weight excluding hydrogens is 699 g/mol. The Labute approximate surface area is 208 Å². The molecule has 1 N–H and O–H groups in total. The zero-order chi connectivity index (χ0) is 21.3. The summed E-state index contributed by atoms with van der Waals surface area (Å²) in [6, 6.07) is 3.81. The molecule has 0 saturated carbocycles. The van der Waals surface area contributed by atoms with Gasteiger partial charge in [0, 0.05) is 21.8 Å². The number of halogens is 3. The number of likely N-dealkylation sites (tertiary alicyclic amines) is 1. The molecule has 0 aliphatic carbocycles. The van der Waals surface area contributed by atoms with Gasteiger partial charge in [0.05, 0.1) is 18.3 Å². The number of hydrogen-bond acceptors (Lipinski definition) is 5. The van der Waals surface area contributed by atoms with Gasteiger partial charge in [-0.15, -0.1) is 0 Å². The number of aliphatic hydroxyl groups is 1. The highest BCUT2D eigenvalue weighted by Gasteiger charge is 2.43. The van der Waals surface area contributed by atoms with E-state index in [1.165, 1.54) is 0 Å². The van der Waals surface area contributed by atoms with Crippen LogP contribution in [0.1, 0.15) is 50.9 Å². The number of rotatable bonds is 6. The molecule has 2 rings (SSSR count). The summed E-state index contributed by atoms with van der Waals surface area (Å²) in [6.45, 7) is 8.95. The van der Waals surface area contributed by atoms with Gasteiger partial charge in [0.25, 0.3) is 0 Å². The Morgan fingerprint density at radius 2 is 1.75 bits per heavy atom. The third-order valence-electron chi connectivity index (χ3n) is 5.41. The van der Waals surface area contributed by atoms with Gasteiger partial charge in [-0.05, 0) is 127 Å². The molecule has 28 heavy (non-hydrogen) atoms. The molecule has 1 saturated heterocycles. The number of hydrogen-bond donors (Lipinski definition) is 1. The molecule has 1 aliphatic rings. The van der Waals surface area contributed by atoms with Crippen LogP contribution in [0.25, 0.3) is 0 Å². The summed E-state index contributed by atoms with van der Waals surface area (Å²) in [6.07, 6.45) is 1.04. The summed E-state index contributed by atoms with van der Waals surface area (Å²) in [5, 5.41) is 10.2. The molecule has 0 radical (unpaired) electrons. The van der Waals surface area contributed by atoms with Crippen molar-refractivity contribution in [2.45, 2.75) is 63.8 Å². The molecule has 0 amide bonds. The Bertz CT molecular complexity index is 706. The molecule has 1 atom stereocenters. The van der Waals surface area contributed by atoms with Crippen LogP contribution in [0.5, 0.6) is 0 Å². The van der Waals surface area contributed by atoms with Crippen LogP contribution in [-0.2, 0) is 9.47 Å². The number of aliphatic hydroxyl groups excluding tert-OH is 1. The minimum atomic E-state index is -0.839. The number of nitrogens with zero attached hydrogens (tertiary/aromatic N) is 1. The maximum atomic E-state index is 12.4. The molecule has 1 heterocycles. The van der Waals surface area contributed by atoms with Crippen LogP contribution in [0.3, 0.4) is 0 Å². The van der Waals surface area contributed by atoms with Crippen LogP contribution in [0.15, 0.2) is 12.1 Å². The highest BCUT2D eigenvalue weighted by Crippen LogP contribution is 2.38. The number of piperidine rings is 1. The molecule has 0 spiro atoms. The highest BCUT2D eigenvalue weighted by atomic mass is 127. The summed E-state index contributed by atoms with van der Waals surface area (Å²) in [5.74, 6) is -0.415. The van der Waals surface area contributed by atoms with E-state index < -0.39 is 12.1 Å². The number of carbonyl (C=O) groups excluding carboxylic acids is 1. The standard InChI is InChI=1S/C20H28I3NO4/c1-19(2)8-14(9-20(3,4)24(19)5)27-10-13(25)11-28-18(26)15-6-12(21)7-16(22)17(15)23/h6-7,13-14,25H,8-11H2,1-5H3. The lowest BCUT2D eigenvalue weighted by Gasteiger charge is -2.53. The van der Waals surface area contributed by atoms with Gasteiger partial charge in [0.2, 0.25) is 0 Å². The summed E-state index contributed by atoms with van der Waals surface area (Å²) in [5.41, 5.74) is 0.591. The third kappa shape index (κ3) is 6.38. The van der Waals surface area contributed by atoms with Gasteiger partial charge in [0.15, 0.2) is 0 Å². The first kappa shape index (κ1) is 25.0. The topological polar surface area (TPSA) is 59.0 Å². The molecule has 158 valence electrons. The van der Waals surface area contributed by atoms with E-state index in [-0.39, 0.29) is 30.4 Å². The normalized spacial score (nSPS) is 20.8.